The van der Waals surface area contributed by atoms with Crippen molar-refractivity contribution in [2.45, 2.75) is 38.5 Å². The van der Waals surface area contributed by atoms with Crippen molar-refractivity contribution in [2.24, 2.45) is 0 Å². The number of nitrogens with zero attached hydrogens (tertiary/aromatic N) is 1. The Hall–Kier alpha value is -2.24. The van der Waals surface area contributed by atoms with Crippen molar-refractivity contribution in [3.05, 3.63) is 71.0 Å². The zero-order valence-corrected chi connectivity index (χ0v) is 15.9. The van der Waals surface area contributed by atoms with Gasteiger partial charge in [0.25, 0.3) is 0 Å². The van der Waals surface area contributed by atoms with Crippen LogP contribution in [0.15, 0.2) is 48.5 Å². The Bertz CT molecular complexity index is 695. The molecule has 0 aliphatic rings. The molecule has 1 unspecified atom stereocenters. The van der Waals surface area contributed by atoms with Crippen LogP contribution in [0.25, 0.3) is 0 Å². The minimum absolute atomic E-state index is 0.397. The minimum Gasteiger partial charge on any atom is -0.458 e. The SMILES string of the molecule is Cc1ccc(C(O)(c2ccc(F)cc2)[C@H](C)OC(=O)[C@H](C)N(C)C)cc1. The summed E-state index contributed by atoms with van der Waals surface area (Å²) in [7, 11) is 3.56. The maximum Gasteiger partial charge on any atom is 0.323 e. The minimum atomic E-state index is -1.59. The molecule has 140 valence electrons. The van der Waals surface area contributed by atoms with Gasteiger partial charge in [-0.3, -0.25) is 9.69 Å². The van der Waals surface area contributed by atoms with E-state index in [1.807, 2.05) is 19.1 Å². The lowest BCUT2D eigenvalue weighted by Gasteiger charge is -2.35. The van der Waals surface area contributed by atoms with Crippen LogP contribution in [0.5, 0.6) is 0 Å². The Morgan fingerprint density at radius 3 is 1.96 bits per heavy atom. The lowest BCUT2D eigenvalue weighted by Crippen LogP contribution is -2.45. The summed E-state index contributed by atoms with van der Waals surface area (Å²) in [5.74, 6) is -0.832. The molecular formula is C21H26FNO3. The van der Waals surface area contributed by atoms with Crippen molar-refractivity contribution in [3.8, 4) is 0 Å². The molecule has 0 saturated carbocycles. The van der Waals surface area contributed by atoms with E-state index in [2.05, 4.69) is 0 Å². The van der Waals surface area contributed by atoms with Crippen molar-refractivity contribution in [1.82, 2.24) is 4.90 Å². The molecule has 0 aromatic heterocycles. The highest BCUT2D eigenvalue weighted by atomic mass is 19.1. The highest BCUT2D eigenvalue weighted by Crippen LogP contribution is 2.35. The van der Waals surface area contributed by atoms with Gasteiger partial charge in [0.1, 0.15) is 18.0 Å². The van der Waals surface area contributed by atoms with Gasteiger partial charge in [-0.2, -0.15) is 0 Å². The average molecular weight is 359 g/mol. The number of carbonyl (C=O) groups is 1. The maximum absolute atomic E-state index is 13.4. The second-order valence-corrected chi connectivity index (χ2v) is 6.86. The van der Waals surface area contributed by atoms with Crippen LogP contribution in [-0.2, 0) is 15.1 Å². The molecule has 0 saturated heterocycles. The third-order valence-electron chi connectivity index (χ3n) is 4.77. The number of benzene rings is 2. The maximum atomic E-state index is 13.4. The lowest BCUT2D eigenvalue weighted by molar-refractivity contribution is -0.164. The summed E-state index contributed by atoms with van der Waals surface area (Å²) < 4.78 is 18.9. The van der Waals surface area contributed by atoms with Gasteiger partial charge in [-0.15, -0.1) is 0 Å². The Kier molecular flexibility index (Phi) is 6.16. The van der Waals surface area contributed by atoms with Gasteiger partial charge >= 0.3 is 5.97 Å². The highest BCUT2D eigenvalue weighted by Gasteiger charge is 2.41. The van der Waals surface area contributed by atoms with Crippen LogP contribution < -0.4 is 0 Å². The number of aryl methyl sites for hydroxylation is 1. The van der Waals surface area contributed by atoms with Crippen LogP contribution >= 0.6 is 0 Å². The summed E-state index contributed by atoms with van der Waals surface area (Å²) in [6, 6.07) is 12.5. The van der Waals surface area contributed by atoms with Crippen LogP contribution in [-0.4, -0.2) is 42.2 Å². The van der Waals surface area contributed by atoms with Crippen molar-refractivity contribution in [1.29, 1.82) is 0 Å². The molecule has 0 aliphatic heterocycles. The van der Waals surface area contributed by atoms with E-state index in [1.165, 1.54) is 24.3 Å². The molecule has 0 bridgehead atoms. The van der Waals surface area contributed by atoms with E-state index in [0.717, 1.165) is 5.56 Å². The largest absolute Gasteiger partial charge is 0.458 e. The van der Waals surface area contributed by atoms with E-state index in [9.17, 15) is 14.3 Å². The zero-order chi connectivity index (χ0) is 19.5. The van der Waals surface area contributed by atoms with Crippen molar-refractivity contribution >= 4 is 5.97 Å². The normalized spacial score (nSPS) is 16.0. The number of aliphatic hydroxyl groups is 1. The molecule has 0 heterocycles. The smallest absolute Gasteiger partial charge is 0.323 e. The second-order valence-electron chi connectivity index (χ2n) is 6.86. The van der Waals surface area contributed by atoms with Gasteiger partial charge < -0.3 is 9.84 Å². The molecular weight excluding hydrogens is 333 g/mol. The molecule has 1 N–H and O–H groups in total. The summed E-state index contributed by atoms with van der Waals surface area (Å²) in [6.07, 6.45) is -0.870. The first-order valence-corrected chi connectivity index (χ1v) is 8.58. The Morgan fingerprint density at radius 1 is 1.04 bits per heavy atom. The molecule has 0 spiro atoms. The molecule has 4 nitrogen and oxygen atoms in total. The van der Waals surface area contributed by atoms with E-state index < -0.39 is 29.5 Å². The monoisotopic (exact) mass is 359 g/mol. The number of esters is 1. The van der Waals surface area contributed by atoms with Gasteiger partial charge in [-0.1, -0.05) is 42.0 Å². The zero-order valence-electron chi connectivity index (χ0n) is 15.9. The van der Waals surface area contributed by atoms with E-state index in [4.69, 9.17) is 4.74 Å². The fourth-order valence-corrected chi connectivity index (χ4v) is 2.72. The summed E-state index contributed by atoms with van der Waals surface area (Å²) in [4.78, 5) is 14.1. The van der Waals surface area contributed by atoms with Gasteiger partial charge in [0.15, 0.2) is 5.60 Å². The summed E-state index contributed by atoms with van der Waals surface area (Å²) in [6.45, 7) is 5.32. The first kappa shape index (κ1) is 20.1. The molecule has 0 radical (unpaired) electrons. The van der Waals surface area contributed by atoms with Crippen molar-refractivity contribution in [2.75, 3.05) is 14.1 Å². The predicted octanol–water partition coefficient (Wildman–Crippen LogP) is 3.25. The number of likely N-dealkylation sites (N-methyl/N-ethyl adjacent to an activating group) is 1. The van der Waals surface area contributed by atoms with Crippen LogP contribution in [0.3, 0.4) is 0 Å². The first-order valence-electron chi connectivity index (χ1n) is 8.58. The molecule has 3 atom stereocenters. The quantitative estimate of drug-likeness (QED) is 0.805. The third-order valence-corrected chi connectivity index (χ3v) is 4.77. The average Bonchev–Trinajstić information content (AvgIpc) is 2.61. The van der Waals surface area contributed by atoms with Gasteiger partial charge in [0, 0.05) is 0 Å². The Balaban J connectivity index is 2.44. The fraction of sp³-hybridized carbons (Fsp3) is 0.381. The highest BCUT2D eigenvalue weighted by molar-refractivity contribution is 5.75. The Labute approximate surface area is 154 Å². The van der Waals surface area contributed by atoms with Crippen LogP contribution in [0, 0.1) is 12.7 Å². The van der Waals surface area contributed by atoms with Gasteiger partial charge in [-0.05, 0) is 58.1 Å². The number of rotatable bonds is 6. The molecule has 0 fully saturated rings. The Morgan fingerprint density at radius 2 is 1.50 bits per heavy atom. The predicted molar refractivity (Wildman–Crippen MR) is 99.3 cm³/mol. The number of halogens is 1. The molecule has 0 amide bonds. The van der Waals surface area contributed by atoms with Gasteiger partial charge in [0.2, 0.25) is 0 Å². The molecule has 2 aromatic carbocycles. The number of hydrogen-bond acceptors (Lipinski definition) is 4. The second kappa shape index (κ2) is 7.98. The van der Waals surface area contributed by atoms with Gasteiger partial charge in [-0.25, -0.2) is 4.39 Å². The van der Waals surface area contributed by atoms with Crippen molar-refractivity contribution < 1.29 is 19.0 Å². The van der Waals surface area contributed by atoms with Crippen LogP contribution in [0.4, 0.5) is 4.39 Å². The van der Waals surface area contributed by atoms with E-state index in [1.54, 1.807) is 45.0 Å². The van der Waals surface area contributed by atoms with Crippen LogP contribution in [0.1, 0.15) is 30.5 Å². The molecule has 2 aromatic rings. The van der Waals surface area contributed by atoms with E-state index in [-0.39, 0.29) is 0 Å². The number of carbonyl (C=O) groups excluding carboxylic acids is 1. The summed E-state index contributed by atoms with van der Waals surface area (Å²) >= 11 is 0. The third kappa shape index (κ3) is 4.11. The van der Waals surface area contributed by atoms with E-state index >= 15 is 0 Å². The van der Waals surface area contributed by atoms with Crippen LogP contribution in [0.2, 0.25) is 0 Å². The summed E-state index contributed by atoms with van der Waals surface area (Å²) in [5, 5.41) is 11.6. The van der Waals surface area contributed by atoms with E-state index in [0.29, 0.717) is 11.1 Å². The fourth-order valence-electron chi connectivity index (χ4n) is 2.72. The molecule has 0 aliphatic carbocycles. The number of ether oxygens (including phenoxy) is 1. The van der Waals surface area contributed by atoms with Crippen molar-refractivity contribution in [3.63, 3.8) is 0 Å². The molecule has 2 rings (SSSR count). The standard InChI is InChI=1S/C21H26FNO3/c1-14-6-8-17(9-7-14)21(25,18-10-12-19(22)13-11-18)16(3)26-20(24)15(2)23(4)5/h6-13,15-16,25H,1-5H3/t15-,16-,21?/m0/s1. The topological polar surface area (TPSA) is 49.8 Å². The molecule has 5 heteroatoms. The summed E-state index contributed by atoms with van der Waals surface area (Å²) in [5.41, 5.74) is 0.484. The van der Waals surface area contributed by atoms with Gasteiger partial charge in [0.05, 0.1) is 0 Å². The lowest BCUT2D eigenvalue weighted by atomic mass is 9.82. The first-order chi connectivity index (χ1) is 12.2. The molecule has 26 heavy (non-hydrogen) atoms. The number of hydrogen-bond donors (Lipinski definition) is 1.